The third-order valence-corrected chi connectivity index (χ3v) is 2.05. The van der Waals surface area contributed by atoms with Crippen LogP contribution in [0.2, 0.25) is 0 Å². The second-order valence-corrected chi connectivity index (χ2v) is 3.18. The molecule has 2 nitrogen and oxygen atoms in total. The van der Waals surface area contributed by atoms with Crippen molar-refractivity contribution < 1.29 is 35.5 Å². The number of hydrogen-bond acceptors (Lipinski definition) is 2. The molecule has 15 heavy (non-hydrogen) atoms. The van der Waals surface area contributed by atoms with Gasteiger partial charge in [0.25, 0.3) is 5.85 Å². The molecular formula is C6H6F7NO. The Morgan fingerprint density at radius 1 is 0.867 bits per heavy atom. The van der Waals surface area contributed by atoms with Crippen molar-refractivity contribution in [3.63, 3.8) is 0 Å². The lowest BCUT2D eigenvalue weighted by molar-refractivity contribution is -0.529. The van der Waals surface area contributed by atoms with Crippen molar-refractivity contribution in [1.82, 2.24) is 4.90 Å². The summed E-state index contributed by atoms with van der Waals surface area (Å²) in [6, 6.07) is -10.2. The fraction of sp³-hybridized carbons (Fsp3) is 1.00. The Morgan fingerprint density at radius 3 is 1.67 bits per heavy atom. The van der Waals surface area contributed by atoms with E-state index in [0.29, 0.717) is 0 Å². The molecule has 1 unspecified atom stereocenters. The molecule has 0 amide bonds. The molecule has 9 heteroatoms. The average molecular weight is 241 g/mol. The lowest BCUT2D eigenvalue weighted by atomic mass is 10.2. The van der Waals surface area contributed by atoms with Crippen LogP contribution in [-0.2, 0) is 4.74 Å². The molecule has 90 valence electrons. The van der Waals surface area contributed by atoms with Gasteiger partial charge in [0.15, 0.2) is 0 Å². The van der Waals surface area contributed by atoms with E-state index in [1.165, 1.54) is 0 Å². The van der Waals surface area contributed by atoms with Gasteiger partial charge < -0.3 is 0 Å². The number of hydrogen-bond donors (Lipinski definition) is 0. The predicted molar refractivity (Wildman–Crippen MR) is 33.2 cm³/mol. The fourth-order valence-corrected chi connectivity index (χ4v) is 1.03. The molecule has 0 spiro atoms. The first-order valence-electron chi connectivity index (χ1n) is 3.63. The fourth-order valence-electron chi connectivity index (χ4n) is 1.03. The molecule has 0 saturated carbocycles. The molecule has 1 saturated heterocycles. The van der Waals surface area contributed by atoms with Crippen LogP contribution in [0.4, 0.5) is 30.7 Å². The lowest BCUT2D eigenvalue weighted by Crippen LogP contribution is -2.73. The van der Waals surface area contributed by atoms with E-state index in [1.807, 2.05) is 0 Å². The standard InChI is InChI=1S/C6H6F7NO/c1-3(7)4(8,9)14(2)5(10,11)6(12,13)15-3/h1-2H3. The van der Waals surface area contributed by atoms with Crippen LogP contribution in [0.25, 0.3) is 0 Å². The third-order valence-electron chi connectivity index (χ3n) is 2.05. The van der Waals surface area contributed by atoms with E-state index in [2.05, 4.69) is 4.74 Å². The average Bonchev–Trinajstić information content (AvgIpc) is 1.98. The maximum absolute atomic E-state index is 12.9. The van der Waals surface area contributed by atoms with Crippen LogP contribution in [0.15, 0.2) is 0 Å². The van der Waals surface area contributed by atoms with Crippen LogP contribution in [-0.4, -0.2) is 36.0 Å². The molecule has 1 fully saturated rings. The first-order valence-corrected chi connectivity index (χ1v) is 3.63. The smallest absolute Gasteiger partial charge is 0.270 e. The summed E-state index contributed by atoms with van der Waals surface area (Å²) in [7, 11) is -0.0196. The summed E-state index contributed by atoms with van der Waals surface area (Å²) < 4.78 is 91.6. The largest absolute Gasteiger partial charge is 0.437 e. The highest BCUT2D eigenvalue weighted by Gasteiger charge is 2.78. The van der Waals surface area contributed by atoms with Crippen LogP contribution in [0.5, 0.6) is 0 Å². The lowest BCUT2D eigenvalue weighted by Gasteiger charge is -2.47. The highest BCUT2D eigenvalue weighted by atomic mass is 19.3. The topological polar surface area (TPSA) is 12.5 Å². The zero-order chi connectivity index (χ0) is 12.3. The van der Waals surface area contributed by atoms with Gasteiger partial charge in [0, 0.05) is 6.92 Å². The van der Waals surface area contributed by atoms with E-state index in [0.717, 1.165) is 0 Å². The summed E-state index contributed by atoms with van der Waals surface area (Å²) in [5.74, 6) is -4.20. The van der Waals surface area contributed by atoms with Crippen LogP contribution < -0.4 is 0 Å². The van der Waals surface area contributed by atoms with Crippen LogP contribution >= 0.6 is 0 Å². The quantitative estimate of drug-likeness (QED) is 0.477. The Bertz CT molecular complexity index is 251. The molecule has 1 atom stereocenters. The third kappa shape index (κ3) is 1.40. The van der Waals surface area contributed by atoms with Crippen LogP contribution in [0, 0.1) is 0 Å². The molecule has 1 heterocycles. The van der Waals surface area contributed by atoms with Crippen molar-refractivity contribution in [2.75, 3.05) is 7.05 Å². The normalized spacial score (nSPS) is 39.0. The van der Waals surface area contributed by atoms with Crippen molar-refractivity contribution >= 4 is 0 Å². The number of morpholine rings is 1. The summed E-state index contributed by atoms with van der Waals surface area (Å²) in [4.78, 5) is -1.34. The molecule has 0 N–H and O–H groups in total. The van der Waals surface area contributed by atoms with Crippen molar-refractivity contribution in [2.24, 2.45) is 0 Å². The maximum Gasteiger partial charge on any atom is 0.437 e. The number of rotatable bonds is 0. The highest BCUT2D eigenvalue weighted by molar-refractivity contribution is 4.94. The molecule has 0 radical (unpaired) electrons. The number of halogens is 7. The summed E-state index contributed by atoms with van der Waals surface area (Å²) in [6.45, 7) is -0.0490. The number of likely N-dealkylation sites (N-methyl/N-ethyl adjacent to an activating group) is 1. The van der Waals surface area contributed by atoms with E-state index < -0.39 is 29.0 Å². The SMILES string of the molecule is CN1C(F)(F)C(C)(F)OC(F)(F)C1(F)F. The van der Waals surface area contributed by atoms with E-state index in [9.17, 15) is 30.7 Å². The van der Waals surface area contributed by atoms with Gasteiger partial charge >= 0.3 is 18.2 Å². The second-order valence-electron chi connectivity index (χ2n) is 3.18. The summed E-state index contributed by atoms with van der Waals surface area (Å²) in [6.07, 6.45) is -5.33. The number of nitrogens with zero attached hydrogens (tertiary/aromatic N) is 1. The zero-order valence-corrected chi connectivity index (χ0v) is 7.50. The Balaban J connectivity index is 3.24. The van der Waals surface area contributed by atoms with Crippen molar-refractivity contribution in [2.45, 2.75) is 31.0 Å². The van der Waals surface area contributed by atoms with Gasteiger partial charge in [0.05, 0.1) is 0 Å². The Labute approximate surface area is 79.6 Å². The Kier molecular flexibility index (Phi) is 2.30. The van der Waals surface area contributed by atoms with E-state index in [1.54, 1.807) is 0 Å². The summed E-state index contributed by atoms with van der Waals surface area (Å²) in [5.41, 5.74) is 0. The van der Waals surface area contributed by atoms with Crippen molar-refractivity contribution in [1.29, 1.82) is 0 Å². The molecule has 0 aromatic carbocycles. The zero-order valence-electron chi connectivity index (χ0n) is 7.50. The minimum atomic E-state index is -5.33. The van der Waals surface area contributed by atoms with Gasteiger partial charge in [-0.2, -0.15) is 31.2 Å². The van der Waals surface area contributed by atoms with Gasteiger partial charge in [-0.1, -0.05) is 0 Å². The first kappa shape index (κ1) is 12.5. The molecule has 1 aliphatic rings. The first-order chi connectivity index (χ1) is 6.36. The molecular weight excluding hydrogens is 235 g/mol. The molecule has 0 aliphatic carbocycles. The maximum atomic E-state index is 12.9. The minimum absolute atomic E-state index is 0.0196. The number of ether oxygens (including phenoxy) is 1. The summed E-state index contributed by atoms with van der Waals surface area (Å²) >= 11 is 0. The Morgan fingerprint density at radius 2 is 1.27 bits per heavy atom. The van der Waals surface area contributed by atoms with Crippen LogP contribution in [0.1, 0.15) is 6.92 Å². The molecule has 0 aromatic rings. The molecule has 1 rings (SSSR count). The van der Waals surface area contributed by atoms with E-state index in [-0.39, 0.29) is 14.0 Å². The Hall–Kier alpha value is -0.570. The highest BCUT2D eigenvalue weighted by Crippen LogP contribution is 2.53. The molecule has 0 bridgehead atoms. The molecule has 1 aliphatic heterocycles. The van der Waals surface area contributed by atoms with Gasteiger partial charge in [-0.3, -0.25) is 4.74 Å². The van der Waals surface area contributed by atoms with Gasteiger partial charge in [0.1, 0.15) is 0 Å². The van der Waals surface area contributed by atoms with E-state index in [4.69, 9.17) is 0 Å². The number of alkyl halides is 7. The summed E-state index contributed by atoms with van der Waals surface area (Å²) in [5, 5.41) is 0. The van der Waals surface area contributed by atoms with Gasteiger partial charge in [-0.25, -0.2) is 4.39 Å². The monoisotopic (exact) mass is 241 g/mol. The van der Waals surface area contributed by atoms with Crippen molar-refractivity contribution in [3.05, 3.63) is 0 Å². The van der Waals surface area contributed by atoms with E-state index >= 15 is 0 Å². The van der Waals surface area contributed by atoms with Crippen LogP contribution in [0.3, 0.4) is 0 Å². The van der Waals surface area contributed by atoms with Gasteiger partial charge in [-0.15, -0.1) is 0 Å². The minimum Gasteiger partial charge on any atom is -0.270 e. The van der Waals surface area contributed by atoms with Gasteiger partial charge in [0.2, 0.25) is 0 Å². The van der Waals surface area contributed by atoms with Gasteiger partial charge in [-0.05, 0) is 7.05 Å². The second kappa shape index (κ2) is 2.76. The van der Waals surface area contributed by atoms with Crippen molar-refractivity contribution in [3.8, 4) is 0 Å². The predicted octanol–water partition coefficient (Wildman–Crippen LogP) is 2.41. The molecule has 0 aromatic heterocycles.